The van der Waals surface area contributed by atoms with Crippen LogP contribution in [0.15, 0.2) is 18.3 Å². The van der Waals surface area contributed by atoms with E-state index in [1.807, 2.05) is 18.3 Å². The summed E-state index contributed by atoms with van der Waals surface area (Å²) >= 11 is 0. The molecule has 4 heteroatoms. The van der Waals surface area contributed by atoms with Crippen LogP contribution in [0.2, 0.25) is 0 Å². The molecule has 1 rings (SSSR count). The lowest BCUT2D eigenvalue weighted by Gasteiger charge is -2.01. The van der Waals surface area contributed by atoms with Crippen molar-refractivity contribution in [1.29, 1.82) is 0 Å². The molecule has 0 radical (unpaired) electrons. The average Bonchev–Trinajstić information content (AvgIpc) is 2.53. The summed E-state index contributed by atoms with van der Waals surface area (Å²) in [6.07, 6.45) is 1.82. The highest BCUT2D eigenvalue weighted by Crippen LogP contribution is 1.92. The van der Waals surface area contributed by atoms with Crippen LogP contribution in [0.1, 0.15) is 5.69 Å². The molecule has 0 aromatic carbocycles. The first-order valence-electron chi connectivity index (χ1n) is 3.71. The number of hydrogen-bond acceptors (Lipinski definition) is 2. The Hall–Kier alpha value is -1.29. The molecule has 4 nitrogen and oxygen atoms in total. The highest BCUT2D eigenvalue weighted by molar-refractivity contribution is 5.77. The largest absolute Gasteiger partial charge is 0.375 e. The molecule has 0 fully saturated rings. The summed E-state index contributed by atoms with van der Waals surface area (Å²) in [4.78, 5) is 13.9. The predicted octanol–water partition coefficient (Wildman–Crippen LogP) is 0.277. The summed E-state index contributed by atoms with van der Waals surface area (Å²) < 4.78 is 4.65. The summed E-state index contributed by atoms with van der Waals surface area (Å²) in [6.45, 7) is 0.635. The lowest BCUT2D eigenvalue weighted by molar-refractivity contribution is -0.124. The van der Waals surface area contributed by atoms with Crippen molar-refractivity contribution in [1.82, 2.24) is 10.3 Å². The molecule has 1 aromatic heterocycles. The van der Waals surface area contributed by atoms with E-state index in [2.05, 4.69) is 15.0 Å². The van der Waals surface area contributed by atoms with Gasteiger partial charge in [0, 0.05) is 19.0 Å². The summed E-state index contributed by atoms with van der Waals surface area (Å²) in [5, 5.41) is 2.69. The van der Waals surface area contributed by atoms with E-state index >= 15 is 0 Å². The third-order valence-corrected chi connectivity index (χ3v) is 1.41. The van der Waals surface area contributed by atoms with Gasteiger partial charge in [-0.2, -0.15) is 0 Å². The average molecular weight is 168 g/mol. The highest BCUT2D eigenvalue weighted by atomic mass is 16.5. The summed E-state index contributed by atoms with van der Waals surface area (Å²) in [5.41, 5.74) is 0.986. The lowest BCUT2D eigenvalue weighted by atomic mass is 10.4. The summed E-state index contributed by atoms with van der Waals surface area (Å²) in [6, 6.07) is 3.80. The van der Waals surface area contributed by atoms with Crippen molar-refractivity contribution < 1.29 is 9.53 Å². The fourth-order valence-electron chi connectivity index (χ4n) is 0.853. The molecule has 0 spiro atoms. The van der Waals surface area contributed by atoms with Crippen molar-refractivity contribution in [2.24, 2.45) is 0 Å². The van der Waals surface area contributed by atoms with Gasteiger partial charge in [0.15, 0.2) is 0 Å². The topological polar surface area (TPSA) is 54.1 Å². The van der Waals surface area contributed by atoms with Gasteiger partial charge in [-0.15, -0.1) is 0 Å². The van der Waals surface area contributed by atoms with Gasteiger partial charge in [-0.1, -0.05) is 0 Å². The van der Waals surface area contributed by atoms with Crippen molar-refractivity contribution in [3.05, 3.63) is 24.0 Å². The third-order valence-electron chi connectivity index (χ3n) is 1.41. The van der Waals surface area contributed by atoms with Gasteiger partial charge in [0.05, 0.1) is 6.54 Å². The molecule has 66 valence electrons. The van der Waals surface area contributed by atoms with Crippen molar-refractivity contribution in [2.75, 3.05) is 13.7 Å². The van der Waals surface area contributed by atoms with Crippen LogP contribution in [-0.2, 0) is 16.1 Å². The minimum absolute atomic E-state index is 0.105. The molecule has 0 bridgehead atoms. The quantitative estimate of drug-likeness (QED) is 0.678. The van der Waals surface area contributed by atoms with Crippen LogP contribution < -0.4 is 5.32 Å². The number of carbonyl (C=O) groups excluding carboxylic acids is 1. The van der Waals surface area contributed by atoms with Gasteiger partial charge in [-0.25, -0.2) is 0 Å². The van der Waals surface area contributed by atoms with E-state index in [9.17, 15) is 4.79 Å². The molecule has 0 unspecified atom stereocenters. The highest BCUT2D eigenvalue weighted by Gasteiger charge is 1.98. The Morgan fingerprint density at radius 3 is 3.17 bits per heavy atom. The number of amides is 1. The fraction of sp³-hybridized carbons (Fsp3) is 0.375. The van der Waals surface area contributed by atoms with Crippen molar-refractivity contribution in [2.45, 2.75) is 6.54 Å². The van der Waals surface area contributed by atoms with Crippen LogP contribution in [-0.4, -0.2) is 24.6 Å². The molecular formula is C8H12N2O2. The van der Waals surface area contributed by atoms with E-state index in [-0.39, 0.29) is 12.5 Å². The van der Waals surface area contributed by atoms with E-state index in [1.54, 1.807) is 0 Å². The van der Waals surface area contributed by atoms with E-state index in [0.29, 0.717) is 6.54 Å². The molecule has 1 heterocycles. The van der Waals surface area contributed by atoms with Gasteiger partial charge in [0.25, 0.3) is 0 Å². The van der Waals surface area contributed by atoms with Crippen LogP contribution in [0.4, 0.5) is 0 Å². The number of rotatable bonds is 4. The molecule has 0 aliphatic carbocycles. The van der Waals surface area contributed by atoms with Gasteiger partial charge in [0.2, 0.25) is 5.91 Å². The standard InChI is InChI=1S/C8H12N2O2/c1-12-6-8(11)10-5-7-3-2-4-9-7/h2-4,9H,5-6H2,1H3,(H,10,11). The number of H-pyrrole nitrogens is 1. The van der Waals surface area contributed by atoms with E-state index in [4.69, 9.17) is 0 Å². The fourth-order valence-corrected chi connectivity index (χ4v) is 0.853. The minimum atomic E-state index is -0.105. The maximum atomic E-state index is 10.9. The van der Waals surface area contributed by atoms with Gasteiger partial charge in [-0.05, 0) is 12.1 Å². The number of ether oxygens (including phenoxy) is 1. The monoisotopic (exact) mass is 168 g/mol. The zero-order chi connectivity index (χ0) is 8.81. The second-order valence-electron chi connectivity index (χ2n) is 2.41. The van der Waals surface area contributed by atoms with E-state index in [0.717, 1.165) is 5.69 Å². The third kappa shape index (κ3) is 2.75. The number of methoxy groups -OCH3 is 1. The normalized spacial score (nSPS) is 9.75. The molecular weight excluding hydrogens is 156 g/mol. The van der Waals surface area contributed by atoms with Crippen molar-refractivity contribution in [3.63, 3.8) is 0 Å². The Balaban J connectivity index is 2.22. The molecule has 1 aromatic rings. The SMILES string of the molecule is COCC(=O)NCc1ccc[nH]1. The summed E-state index contributed by atoms with van der Waals surface area (Å²) in [5.74, 6) is -0.105. The van der Waals surface area contributed by atoms with Crippen LogP contribution >= 0.6 is 0 Å². The number of aromatic amines is 1. The van der Waals surface area contributed by atoms with Crippen LogP contribution in [0.3, 0.4) is 0 Å². The number of hydrogen-bond donors (Lipinski definition) is 2. The molecule has 0 saturated carbocycles. The minimum Gasteiger partial charge on any atom is -0.375 e. The van der Waals surface area contributed by atoms with E-state index < -0.39 is 0 Å². The second-order valence-corrected chi connectivity index (χ2v) is 2.41. The van der Waals surface area contributed by atoms with Crippen molar-refractivity contribution >= 4 is 5.91 Å². The Morgan fingerprint density at radius 1 is 1.75 bits per heavy atom. The molecule has 2 N–H and O–H groups in total. The Bertz CT molecular complexity index is 231. The van der Waals surface area contributed by atoms with Gasteiger partial charge < -0.3 is 15.0 Å². The van der Waals surface area contributed by atoms with E-state index in [1.165, 1.54) is 7.11 Å². The molecule has 0 aliphatic heterocycles. The first-order chi connectivity index (χ1) is 5.83. The lowest BCUT2D eigenvalue weighted by Crippen LogP contribution is -2.26. The van der Waals surface area contributed by atoms with Gasteiger partial charge in [0.1, 0.15) is 6.61 Å². The number of carbonyl (C=O) groups is 1. The van der Waals surface area contributed by atoms with Crippen LogP contribution in [0.25, 0.3) is 0 Å². The molecule has 0 atom stereocenters. The van der Waals surface area contributed by atoms with Gasteiger partial charge >= 0.3 is 0 Å². The zero-order valence-corrected chi connectivity index (χ0v) is 6.96. The number of nitrogens with one attached hydrogen (secondary N) is 2. The Labute approximate surface area is 70.9 Å². The first kappa shape index (κ1) is 8.80. The first-order valence-corrected chi connectivity index (χ1v) is 3.71. The van der Waals surface area contributed by atoms with Gasteiger partial charge in [-0.3, -0.25) is 4.79 Å². The maximum Gasteiger partial charge on any atom is 0.246 e. The zero-order valence-electron chi connectivity index (χ0n) is 6.96. The molecule has 0 aliphatic rings. The summed E-state index contributed by atoms with van der Waals surface area (Å²) in [7, 11) is 1.49. The molecule has 12 heavy (non-hydrogen) atoms. The number of aromatic nitrogens is 1. The Morgan fingerprint density at radius 2 is 2.58 bits per heavy atom. The smallest absolute Gasteiger partial charge is 0.246 e. The maximum absolute atomic E-state index is 10.9. The second kappa shape index (κ2) is 4.56. The molecule has 0 saturated heterocycles. The van der Waals surface area contributed by atoms with Crippen molar-refractivity contribution in [3.8, 4) is 0 Å². The predicted molar refractivity (Wildman–Crippen MR) is 44.5 cm³/mol. The van der Waals surface area contributed by atoms with Crippen LogP contribution in [0, 0.1) is 0 Å². The van der Waals surface area contributed by atoms with Crippen LogP contribution in [0.5, 0.6) is 0 Å². The molecule has 1 amide bonds. The Kier molecular flexibility index (Phi) is 3.35.